The van der Waals surface area contributed by atoms with Crippen LogP contribution in [-0.4, -0.2) is 12.4 Å². The SMILES string of the molecule is Cc1ccc(F)cc1C(=O)c1cccc(OC(F)F)c1. The Balaban J connectivity index is 2.35. The molecule has 2 nitrogen and oxygen atoms in total. The van der Waals surface area contributed by atoms with Crippen molar-refractivity contribution in [3.8, 4) is 5.75 Å². The minimum absolute atomic E-state index is 0.111. The number of alkyl halides is 2. The summed E-state index contributed by atoms with van der Waals surface area (Å²) >= 11 is 0. The molecule has 2 rings (SSSR count). The van der Waals surface area contributed by atoms with Crippen LogP contribution in [0.15, 0.2) is 42.5 Å². The van der Waals surface area contributed by atoms with E-state index in [1.54, 1.807) is 6.92 Å². The number of carbonyl (C=O) groups excluding carboxylic acids is 1. The normalized spacial score (nSPS) is 10.7. The van der Waals surface area contributed by atoms with E-state index in [0.717, 1.165) is 6.07 Å². The highest BCUT2D eigenvalue weighted by atomic mass is 19.3. The van der Waals surface area contributed by atoms with Crippen molar-refractivity contribution in [2.75, 3.05) is 0 Å². The molecular weight excluding hydrogens is 269 g/mol. The van der Waals surface area contributed by atoms with Crippen LogP contribution >= 0.6 is 0 Å². The van der Waals surface area contributed by atoms with Crippen LogP contribution < -0.4 is 4.74 Å². The minimum atomic E-state index is -2.96. The van der Waals surface area contributed by atoms with Crippen molar-refractivity contribution in [1.29, 1.82) is 0 Å². The van der Waals surface area contributed by atoms with Gasteiger partial charge in [0, 0.05) is 11.1 Å². The van der Waals surface area contributed by atoms with Crippen LogP contribution in [0.25, 0.3) is 0 Å². The summed E-state index contributed by atoms with van der Waals surface area (Å²) in [7, 11) is 0. The fourth-order valence-corrected chi connectivity index (χ4v) is 1.81. The molecular formula is C15H11F3O2. The van der Waals surface area contributed by atoms with Crippen LogP contribution in [0.5, 0.6) is 5.75 Å². The highest BCUT2D eigenvalue weighted by Crippen LogP contribution is 2.20. The number of ketones is 1. The number of rotatable bonds is 4. The van der Waals surface area contributed by atoms with Crippen LogP contribution in [-0.2, 0) is 0 Å². The number of carbonyl (C=O) groups is 1. The van der Waals surface area contributed by atoms with Gasteiger partial charge < -0.3 is 4.74 Å². The van der Waals surface area contributed by atoms with Crippen LogP contribution in [0, 0.1) is 12.7 Å². The molecule has 0 aliphatic heterocycles. The molecule has 20 heavy (non-hydrogen) atoms. The molecule has 0 amide bonds. The third-order valence-corrected chi connectivity index (χ3v) is 2.77. The molecule has 0 aliphatic rings. The molecule has 0 aliphatic carbocycles. The van der Waals surface area contributed by atoms with Crippen molar-refractivity contribution in [2.45, 2.75) is 13.5 Å². The average molecular weight is 280 g/mol. The van der Waals surface area contributed by atoms with Gasteiger partial charge in [-0.25, -0.2) is 4.39 Å². The molecule has 0 spiro atoms. The lowest BCUT2D eigenvalue weighted by atomic mass is 9.99. The molecule has 0 unspecified atom stereocenters. The molecule has 0 aromatic heterocycles. The molecule has 2 aromatic rings. The molecule has 0 fully saturated rings. The first-order chi connectivity index (χ1) is 9.47. The summed E-state index contributed by atoms with van der Waals surface area (Å²) in [6, 6.07) is 9.29. The monoisotopic (exact) mass is 280 g/mol. The first-order valence-corrected chi connectivity index (χ1v) is 5.83. The molecule has 0 atom stereocenters. The summed E-state index contributed by atoms with van der Waals surface area (Å²) in [5, 5.41) is 0. The van der Waals surface area contributed by atoms with Gasteiger partial charge in [-0.3, -0.25) is 4.79 Å². The van der Waals surface area contributed by atoms with E-state index in [4.69, 9.17) is 0 Å². The first-order valence-electron chi connectivity index (χ1n) is 5.83. The van der Waals surface area contributed by atoms with E-state index in [0.29, 0.717) is 5.56 Å². The fourth-order valence-electron chi connectivity index (χ4n) is 1.81. The summed E-state index contributed by atoms with van der Waals surface area (Å²) < 4.78 is 41.7. The Bertz CT molecular complexity index is 639. The highest BCUT2D eigenvalue weighted by Gasteiger charge is 2.14. The second-order valence-electron chi connectivity index (χ2n) is 4.19. The second kappa shape index (κ2) is 5.77. The molecule has 0 bridgehead atoms. The molecule has 5 heteroatoms. The van der Waals surface area contributed by atoms with Gasteiger partial charge in [-0.2, -0.15) is 8.78 Å². The zero-order valence-corrected chi connectivity index (χ0v) is 10.6. The quantitative estimate of drug-likeness (QED) is 0.792. The van der Waals surface area contributed by atoms with E-state index in [-0.39, 0.29) is 16.9 Å². The number of hydrogen-bond acceptors (Lipinski definition) is 2. The van der Waals surface area contributed by atoms with Crippen LogP contribution in [0.1, 0.15) is 21.5 Å². The number of hydrogen-bond donors (Lipinski definition) is 0. The maximum absolute atomic E-state index is 13.2. The van der Waals surface area contributed by atoms with Crippen molar-refractivity contribution in [3.05, 3.63) is 65.0 Å². The lowest BCUT2D eigenvalue weighted by Crippen LogP contribution is -2.06. The maximum Gasteiger partial charge on any atom is 0.387 e. The standard InChI is InChI=1S/C15H11F3O2/c1-9-5-6-11(16)8-13(9)14(19)10-3-2-4-12(7-10)20-15(17)18/h2-8,15H,1H3. The zero-order valence-electron chi connectivity index (χ0n) is 10.6. The van der Waals surface area contributed by atoms with Gasteiger partial charge in [0.1, 0.15) is 11.6 Å². The van der Waals surface area contributed by atoms with Gasteiger partial charge in [0.25, 0.3) is 0 Å². The topological polar surface area (TPSA) is 26.3 Å². The zero-order chi connectivity index (χ0) is 14.7. The highest BCUT2D eigenvalue weighted by molar-refractivity contribution is 6.10. The largest absolute Gasteiger partial charge is 0.435 e. The predicted octanol–water partition coefficient (Wildman–Crippen LogP) is 3.97. The van der Waals surface area contributed by atoms with E-state index in [2.05, 4.69) is 4.74 Å². The van der Waals surface area contributed by atoms with E-state index in [1.807, 2.05) is 0 Å². The number of aryl methyl sites for hydroxylation is 1. The third-order valence-electron chi connectivity index (χ3n) is 2.77. The summed E-state index contributed by atoms with van der Waals surface area (Å²) in [6.45, 7) is -1.29. The summed E-state index contributed by atoms with van der Waals surface area (Å²) in [4.78, 5) is 12.2. The fraction of sp³-hybridized carbons (Fsp3) is 0.133. The molecule has 0 saturated heterocycles. The predicted molar refractivity (Wildman–Crippen MR) is 67.6 cm³/mol. The van der Waals surface area contributed by atoms with Gasteiger partial charge in [-0.05, 0) is 36.8 Å². The molecule has 0 N–H and O–H groups in total. The van der Waals surface area contributed by atoms with E-state index in [1.165, 1.54) is 36.4 Å². The smallest absolute Gasteiger partial charge is 0.387 e. The lowest BCUT2D eigenvalue weighted by Gasteiger charge is -2.08. The van der Waals surface area contributed by atoms with Crippen LogP contribution in [0.3, 0.4) is 0 Å². The van der Waals surface area contributed by atoms with Crippen LogP contribution in [0.4, 0.5) is 13.2 Å². The average Bonchev–Trinajstić information content (AvgIpc) is 2.40. The first kappa shape index (κ1) is 14.1. The van der Waals surface area contributed by atoms with E-state index >= 15 is 0 Å². The summed E-state index contributed by atoms with van der Waals surface area (Å²) in [6.07, 6.45) is 0. The van der Waals surface area contributed by atoms with Crippen molar-refractivity contribution >= 4 is 5.78 Å². The Kier molecular flexibility index (Phi) is 4.08. The Labute approximate surface area is 113 Å². The van der Waals surface area contributed by atoms with Crippen molar-refractivity contribution < 1.29 is 22.7 Å². The summed E-state index contributed by atoms with van der Waals surface area (Å²) in [5.74, 6) is -1.08. The maximum atomic E-state index is 13.2. The lowest BCUT2D eigenvalue weighted by molar-refractivity contribution is -0.0498. The number of benzene rings is 2. The Morgan fingerprint density at radius 1 is 1.15 bits per heavy atom. The summed E-state index contributed by atoms with van der Waals surface area (Å²) in [5.41, 5.74) is 0.965. The van der Waals surface area contributed by atoms with Crippen LogP contribution in [0.2, 0.25) is 0 Å². The van der Waals surface area contributed by atoms with Gasteiger partial charge in [-0.15, -0.1) is 0 Å². The van der Waals surface area contributed by atoms with E-state index < -0.39 is 18.2 Å². The Morgan fingerprint density at radius 3 is 2.60 bits per heavy atom. The van der Waals surface area contributed by atoms with Crippen molar-refractivity contribution in [3.63, 3.8) is 0 Å². The van der Waals surface area contributed by atoms with Gasteiger partial charge in [0.05, 0.1) is 0 Å². The molecule has 104 valence electrons. The second-order valence-corrected chi connectivity index (χ2v) is 4.19. The Hall–Kier alpha value is -2.30. The van der Waals surface area contributed by atoms with Crippen molar-refractivity contribution in [1.82, 2.24) is 0 Å². The molecule has 0 radical (unpaired) electrons. The Morgan fingerprint density at radius 2 is 1.90 bits per heavy atom. The molecule has 0 saturated carbocycles. The third kappa shape index (κ3) is 3.17. The van der Waals surface area contributed by atoms with E-state index in [9.17, 15) is 18.0 Å². The number of ether oxygens (including phenoxy) is 1. The van der Waals surface area contributed by atoms with Gasteiger partial charge in [0.2, 0.25) is 0 Å². The van der Waals surface area contributed by atoms with Gasteiger partial charge in [0.15, 0.2) is 5.78 Å². The number of halogens is 3. The van der Waals surface area contributed by atoms with Gasteiger partial charge >= 0.3 is 6.61 Å². The van der Waals surface area contributed by atoms with Gasteiger partial charge in [-0.1, -0.05) is 18.2 Å². The minimum Gasteiger partial charge on any atom is -0.435 e. The molecule has 0 heterocycles. The molecule has 2 aromatic carbocycles. The van der Waals surface area contributed by atoms with Crippen molar-refractivity contribution in [2.24, 2.45) is 0 Å².